The van der Waals surface area contributed by atoms with Gasteiger partial charge in [0.05, 0.1) is 6.20 Å². The summed E-state index contributed by atoms with van der Waals surface area (Å²) in [5, 5.41) is 0. The van der Waals surface area contributed by atoms with E-state index in [0.29, 0.717) is 6.61 Å². The topological polar surface area (TPSA) is 112 Å². The summed E-state index contributed by atoms with van der Waals surface area (Å²) in [5.74, 6) is -1.08. The molecule has 0 aromatic carbocycles. The van der Waals surface area contributed by atoms with Crippen molar-refractivity contribution in [3.63, 3.8) is 0 Å². The smallest absolute Gasteiger partial charge is 0.349 e. The van der Waals surface area contributed by atoms with Crippen molar-refractivity contribution in [3.05, 3.63) is 32.9 Å². The van der Waals surface area contributed by atoms with Gasteiger partial charge in [0.1, 0.15) is 31.6 Å². The van der Waals surface area contributed by atoms with Crippen LogP contribution in [0.15, 0.2) is 15.8 Å². The van der Waals surface area contributed by atoms with Crippen molar-refractivity contribution >= 4 is 8.17 Å². The van der Waals surface area contributed by atoms with Gasteiger partial charge in [0.2, 0.25) is 5.82 Å². The zero-order valence-corrected chi connectivity index (χ0v) is 16.7. The van der Waals surface area contributed by atoms with Crippen LogP contribution in [0, 0.1) is 5.82 Å². The summed E-state index contributed by atoms with van der Waals surface area (Å²) < 4.78 is 36.6. The van der Waals surface area contributed by atoms with Gasteiger partial charge in [-0.15, -0.1) is 4.52 Å². The van der Waals surface area contributed by atoms with Crippen molar-refractivity contribution in [2.75, 3.05) is 13.2 Å². The molecule has 2 fully saturated rings. The number of nitrogens with zero attached hydrogens (tertiary/aromatic N) is 1. The molecule has 9 nitrogen and oxygen atoms in total. The Bertz CT molecular complexity index is 773. The van der Waals surface area contributed by atoms with E-state index in [4.69, 9.17) is 18.3 Å². The quantitative estimate of drug-likeness (QED) is 0.465. The number of unbranched alkanes of at least 4 members (excludes halogenated alkanes) is 5. The van der Waals surface area contributed by atoms with Crippen LogP contribution in [0.4, 0.5) is 4.39 Å². The van der Waals surface area contributed by atoms with Crippen LogP contribution < -0.4 is 11.2 Å². The normalized spacial score (nSPS) is 29.8. The third kappa shape index (κ3) is 5.25. The number of nitrogens with one attached hydrogen (secondary N) is 1. The highest BCUT2D eigenvalue weighted by Crippen LogP contribution is 2.63. The number of aromatic nitrogens is 2. The minimum absolute atomic E-state index is 0.0442. The Kier molecular flexibility index (Phi) is 7.36. The average molecular weight is 421 g/mol. The van der Waals surface area contributed by atoms with Crippen LogP contribution in [-0.2, 0) is 18.3 Å². The zero-order chi connectivity index (χ0) is 20.1. The number of fused-ring (bicyclic) bond motifs is 1. The summed E-state index contributed by atoms with van der Waals surface area (Å²) in [6.45, 7) is 2.54. The molecule has 0 aliphatic carbocycles. The highest BCUT2D eigenvalue weighted by molar-refractivity contribution is 7.55. The minimum Gasteiger partial charge on any atom is -0.349 e. The molecule has 3 heterocycles. The van der Waals surface area contributed by atoms with Gasteiger partial charge < -0.3 is 4.74 Å². The molecule has 0 spiro atoms. The lowest BCUT2D eigenvalue weighted by atomic mass is 10.1. The number of aromatic amines is 1. The van der Waals surface area contributed by atoms with Crippen LogP contribution >= 0.6 is 8.17 Å². The van der Waals surface area contributed by atoms with Gasteiger partial charge >= 0.3 is 13.9 Å². The minimum atomic E-state index is -3.44. The summed E-state index contributed by atoms with van der Waals surface area (Å²) in [4.78, 5) is 35.4. The molecule has 2 saturated heterocycles. The van der Waals surface area contributed by atoms with Crippen LogP contribution in [0.25, 0.3) is 0 Å². The predicted octanol–water partition coefficient (Wildman–Crippen LogP) is 2.43. The molecule has 0 saturated carbocycles. The standard InChI is InChI=1S/C17H26FN2O7P/c1-2-3-4-5-6-7-8-24-28(23)25-11-14-13(27-28)9-15(26-14)20-10-12(18)16(21)19-17(20)22/h10,13-15,23H,2-9,11H2,1H3/p+1/t13-,14+,15+,28?/m0/s1. The second-order valence-corrected chi connectivity index (χ2v) is 8.68. The van der Waals surface area contributed by atoms with Crippen LogP contribution in [0.5, 0.6) is 0 Å². The molecule has 11 heteroatoms. The summed E-state index contributed by atoms with van der Waals surface area (Å²) >= 11 is 0. The fourth-order valence-corrected chi connectivity index (χ4v) is 4.76. The number of hydrogen-bond donors (Lipinski definition) is 2. The first-order valence-electron chi connectivity index (χ1n) is 9.67. The van der Waals surface area contributed by atoms with Crippen molar-refractivity contribution in [3.8, 4) is 0 Å². The van der Waals surface area contributed by atoms with E-state index in [0.717, 1.165) is 30.0 Å². The fraction of sp³-hybridized carbons (Fsp3) is 0.765. The molecule has 3 rings (SSSR count). The molecule has 0 radical (unpaired) electrons. The van der Waals surface area contributed by atoms with E-state index in [2.05, 4.69) is 6.92 Å². The van der Waals surface area contributed by atoms with Crippen molar-refractivity contribution < 1.29 is 27.6 Å². The summed E-state index contributed by atoms with van der Waals surface area (Å²) in [6, 6.07) is 0. The van der Waals surface area contributed by atoms with E-state index in [1.807, 2.05) is 4.98 Å². The Balaban J connectivity index is 1.51. The van der Waals surface area contributed by atoms with Gasteiger partial charge in [-0.05, 0) is 6.42 Å². The molecule has 28 heavy (non-hydrogen) atoms. The van der Waals surface area contributed by atoms with Crippen molar-refractivity contribution in [2.24, 2.45) is 0 Å². The van der Waals surface area contributed by atoms with E-state index < -0.39 is 43.7 Å². The third-order valence-electron chi connectivity index (χ3n) is 4.84. The Labute approximate surface area is 162 Å². The van der Waals surface area contributed by atoms with Crippen LogP contribution in [0.3, 0.4) is 0 Å². The van der Waals surface area contributed by atoms with E-state index in [1.165, 1.54) is 19.3 Å². The molecule has 1 unspecified atom stereocenters. The second kappa shape index (κ2) is 9.56. The maximum atomic E-state index is 13.5. The molecule has 158 valence electrons. The maximum Gasteiger partial charge on any atom is 0.573 e. The SMILES string of the molecule is CCCCCCCCO[P+]1(O)OC[C@H]2O[C@@H](n3cc(F)c(=O)[nH]c3=O)C[C@@H]2O1. The summed E-state index contributed by atoms with van der Waals surface area (Å²) in [6.07, 6.45) is 5.63. The number of H-pyrrole nitrogens is 1. The number of ether oxygens (including phenoxy) is 1. The first-order valence-corrected chi connectivity index (χ1v) is 11.2. The lowest BCUT2D eigenvalue weighted by Crippen LogP contribution is -2.35. The average Bonchev–Trinajstić information content (AvgIpc) is 3.06. The van der Waals surface area contributed by atoms with Crippen LogP contribution in [0.1, 0.15) is 58.1 Å². The molecular formula is C17H27FN2O7P+. The van der Waals surface area contributed by atoms with E-state index in [1.54, 1.807) is 0 Å². The monoisotopic (exact) mass is 421 g/mol. The van der Waals surface area contributed by atoms with Gasteiger partial charge in [0, 0.05) is 6.42 Å². The largest absolute Gasteiger partial charge is 0.573 e. The molecule has 4 atom stereocenters. The molecule has 1 aromatic rings. The van der Waals surface area contributed by atoms with Gasteiger partial charge in [-0.3, -0.25) is 14.3 Å². The third-order valence-corrected chi connectivity index (χ3v) is 6.36. The second-order valence-electron chi connectivity index (χ2n) is 7.02. The summed E-state index contributed by atoms with van der Waals surface area (Å²) in [5.41, 5.74) is -1.86. The first-order chi connectivity index (χ1) is 13.4. The van der Waals surface area contributed by atoms with Crippen LogP contribution in [0.2, 0.25) is 0 Å². The van der Waals surface area contributed by atoms with E-state index >= 15 is 0 Å². The molecule has 0 bridgehead atoms. The summed E-state index contributed by atoms with van der Waals surface area (Å²) in [7, 11) is -3.44. The van der Waals surface area contributed by atoms with E-state index in [-0.39, 0.29) is 13.0 Å². The van der Waals surface area contributed by atoms with Gasteiger partial charge in [0.15, 0.2) is 0 Å². The number of rotatable bonds is 9. The Morgan fingerprint density at radius 1 is 1.29 bits per heavy atom. The molecule has 0 amide bonds. The van der Waals surface area contributed by atoms with Crippen molar-refractivity contribution in [1.82, 2.24) is 9.55 Å². The number of halogens is 1. The predicted molar refractivity (Wildman–Crippen MR) is 99.1 cm³/mol. The number of hydrogen-bond acceptors (Lipinski definition) is 7. The van der Waals surface area contributed by atoms with Crippen molar-refractivity contribution in [1.29, 1.82) is 0 Å². The fourth-order valence-electron chi connectivity index (χ4n) is 3.31. The lowest BCUT2D eigenvalue weighted by molar-refractivity contribution is -0.0819. The Morgan fingerprint density at radius 2 is 2.04 bits per heavy atom. The van der Waals surface area contributed by atoms with Gasteiger partial charge in [-0.25, -0.2) is 4.79 Å². The van der Waals surface area contributed by atoms with Gasteiger partial charge in [-0.2, -0.15) is 18.3 Å². The maximum absolute atomic E-state index is 13.5. The highest BCUT2D eigenvalue weighted by atomic mass is 31.2. The lowest BCUT2D eigenvalue weighted by Gasteiger charge is -2.26. The van der Waals surface area contributed by atoms with Crippen LogP contribution in [-0.4, -0.2) is 39.9 Å². The molecule has 2 aliphatic heterocycles. The van der Waals surface area contributed by atoms with Gasteiger partial charge in [-0.1, -0.05) is 39.0 Å². The molecule has 2 N–H and O–H groups in total. The zero-order valence-electron chi connectivity index (χ0n) is 15.8. The van der Waals surface area contributed by atoms with E-state index in [9.17, 15) is 18.9 Å². The molecule has 1 aromatic heterocycles. The molecular weight excluding hydrogens is 394 g/mol. The molecule has 2 aliphatic rings. The highest BCUT2D eigenvalue weighted by Gasteiger charge is 2.57. The first kappa shape index (κ1) is 21.5. The Hall–Kier alpha value is -1.16. The van der Waals surface area contributed by atoms with Crippen molar-refractivity contribution in [2.45, 2.75) is 70.3 Å². The van der Waals surface area contributed by atoms with Gasteiger partial charge in [0.25, 0.3) is 5.56 Å². The Morgan fingerprint density at radius 3 is 2.82 bits per heavy atom.